The Labute approximate surface area is 168 Å². The molecule has 0 bridgehead atoms. The number of aromatic hydroxyl groups is 2. The molecule has 4 rings (SSSR count). The number of phenolic OH excluding ortho intramolecular Hbond substituents is 2. The van der Waals surface area contributed by atoms with Crippen molar-refractivity contribution in [3.8, 4) is 11.5 Å². The summed E-state index contributed by atoms with van der Waals surface area (Å²) in [5.74, 6) is -0.229. The summed E-state index contributed by atoms with van der Waals surface area (Å²) in [6.45, 7) is 3.97. The van der Waals surface area contributed by atoms with Gasteiger partial charge in [-0.2, -0.15) is 0 Å². The smallest absolute Gasteiger partial charge is 0.274 e. The SMILES string of the molecule is Cc1cc(C)c2nc3s/c(=C\c4cc(Br)c(O)c(Br)c4O)c(=O)n3c2c1. The van der Waals surface area contributed by atoms with E-state index in [4.69, 9.17) is 0 Å². The van der Waals surface area contributed by atoms with Crippen molar-refractivity contribution < 1.29 is 10.2 Å². The minimum Gasteiger partial charge on any atom is -0.506 e. The van der Waals surface area contributed by atoms with Gasteiger partial charge in [-0.1, -0.05) is 17.4 Å². The van der Waals surface area contributed by atoms with E-state index >= 15 is 0 Å². The molecule has 5 nitrogen and oxygen atoms in total. The molecule has 0 aliphatic carbocycles. The van der Waals surface area contributed by atoms with Crippen LogP contribution in [0.4, 0.5) is 0 Å². The Kier molecular flexibility index (Phi) is 4.09. The fourth-order valence-corrected chi connectivity index (χ4v) is 5.10. The second kappa shape index (κ2) is 6.07. The van der Waals surface area contributed by atoms with Gasteiger partial charge in [0.15, 0.2) is 4.96 Å². The van der Waals surface area contributed by atoms with Crippen molar-refractivity contribution in [3.05, 3.63) is 58.7 Å². The van der Waals surface area contributed by atoms with Gasteiger partial charge in [0.2, 0.25) is 0 Å². The molecule has 2 heterocycles. The average molecular weight is 496 g/mol. The molecule has 132 valence electrons. The van der Waals surface area contributed by atoms with Crippen molar-refractivity contribution in [2.24, 2.45) is 0 Å². The first-order valence-electron chi connectivity index (χ1n) is 7.61. The van der Waals surface area contributed by atoms with E-state index in [1.165, 1.54) is 11.3 Å². The Morgan fingerprint density at radius 1 is 1.15 bits per heavy atom. The molecule has 2 aromatic carbocycles. The Morgan fingerprint density at radius 3 is 2.62 bits per heavy atom. The molecule has 0 radical (unpaired) electrons. The van der Waals surface area contributed by atoms with Gasteiger partial charge in [-0.05, 0) is 75.0 Å². The molecule has 0 fully saturated rings. The molecule has 0 saturated heterocycles. The van der Waals surface area contributed by atoms with Crippen molar-refractivity contribution in [1.82, 2.24) is 9.38 Å². The predicted octanol–water partition coefficient (Wildman–Crippen LogP) is 4.01. The van der Waals surface area contributed by atoms with Crippen molar-refractivity contribution in [3.63, 3.8) is 0 Å². The summed E-state index contributed by atoms with van der Waals surface area (Å²) in [5, 5.41) is 20.1. The number of hydrogen-bond acceptors (Lipinski definition) is 5. The Bertz CT molecular complexity index is 1320. The molecule has 2 aromatic heterocycles. The number of benzene rings is 2. The molecule has 0 aliphatic heterocycles. The zero-order chi connectivity index (χ0) is 18.7. The molecule has 2 N–H and O–H groups in total. The highest BCUT2D eigenvalue weighted by atomic mass is 79.9. The normalized spacial score (nSPS) is 12.5. The zero-order valence-electron chi connectivity index (χ0n) is 13.7. The Balaban J connectivity index is 2.04. The first-order chi connectivity index (χ1) is 12.3. The summed E-state index contributed by atoms with van der Waals surface area (Å²) in [6.07, 6.45) is 1.60. The van der Waals surface area contributed by atoms with Crippen LogP contribution in [-0.4, -0.2) is 19.6 Å². The molecule has 0 aliphatic rings. The van der Waals surface area contributed by atoms with E-state index in [2.05, 4.69) is 36.8 Å². The lowest BCUT2D eigenvalue weighted by atomic mass is 10.1. The molecule has 0 amide bonds. The van der Waals surface area contributed by atoms with Gasteiger partial charge in [-0.15, -0.1) is 0 Å². The fraction of sp³-hybridized carbons (Fsp3) is 0.111. The number of fused-ring (bicyclic) bond motifs is 3. The fourth-order valence-electron chi connectivity index (χ4n) is 2.98. The Morgan fingerprint density at radius 2 is 1.88 bits per heavy atom. The number of halogens is 2. The molecule has 0 saturated carbocycles. The maximum atomic E-state index is 12.9. The van der Waals surface area contributed by atoms with E-state index in [0.717, 1.165) is 22.2 Å². The van der Waals surface area contributed by atoms with Crippen LogP contribution in [0, 0.1) is 13.8 Å². The second-order valence-electron chi connectivity index (χ2n) is 6.05. The lowest BCUT2D eigenvalue weighted by Crippen LogP contribution is -2.22. The van der Waals surface area contributed by atoms with Gasteiger partial charge in [0.05, 0.1) is 20.0 Å². The molecule has 0 unspecified atom stereocenters. The average Bonchev–Trinajstić information content (AvgIpc) is 3.08. The minimum absolute atomic E-state index is 0.0973. The molecule has 26 heavy (non-hydrogen) atoms. The number of hydrogen-bond donors (Lipinski definition) is 2. The molecular weight excluding hydrogens is 484 g/mol. The van der Waals surface area contributed by atoms with Gasteiger partial charge >= 0.3 is 0 Å². The van der Waals surface area contributed by atoms with Gasteiger partial charge in [0.25, 0.3) is 5.56 Å². The van der Waals surface area contributed by atoms with Gasteiger partial charge < -0.3 is 10.2 Å². The van der Waals surface area contributed by atoms with E-state index in [0.29, 0.717) is 19.5 Å². The highest BCUT2D eigenvalue weighted by molar-refractivity contribution is 9.11. The number of nitrogens with zero attached hydrogens (tertiary/aromatic N) is 2. The van der Waals surface area contributed by atoms with E-state index in [-0.39, 0.29) is 21.5 Å². The van der Waals surface area contributed by atoms with Gasteiger partial charge in [0.1, 0.15) is 16.0 Å². The molecule has 0 spiro atoms. The number of imidazole rings is 1. The number of aryl methyl sites for hydroxylation is 2. The summed E-state index contributed by atoms with van der Waals surface area (Å²) in [7, 11) is 0. The highest BCUT2D eigenvalue weighted by Gasteiger charge is 2.16. The van der Waals surface area contributed by atoms with Crippen molar-refractivity contribution in [2.45, 2.75) is 13.8 Å². The highest BCUT2D eigenvalue weighted by Crippen LogP contribution is 2.41. The van der Waals surface area contributed by atoms with E-state index in [9.17, 15) is 15.0 Å². The van der Waals surface area contributed by atoms with Crippen LogP contribution in [0.3, 0.4) is 0 Å². The number of rotatable bonds is 1. The van der Waals surface area contributed by atoms with Crippen LogP contribution in [0.25, 0.3) is 22.1 Å². The molecule has 4 aromatic rings. The maximum Gasteiger partial charge on any atom is 0.274 e. The van der Waals surface area contributed by atoms with E-state index < -0.39 is 0 Å². The van der Waals surface area contributed by atoms with Gasteiger partial charge in [0, 0.05) is 5.56 Å². The summed E-state index contributed by atoms with van der Waals surface area (Å²) >= 11 is 7.64. The van der Waals surface area contributed by atoms with Crippen LogP contribution in [0.5, 0.6) is 11.5 Å². The topological polar surface area (TPSA) is 74.8 Å². The lowest BCUT2D eigenvalue weighted by molar-refractivity contribution is 0.441. The molecule has 0 atom stereocenters. The third-order valence-corrected chi connectivity index (χ3v) is 6.49. The maximum absolute atomic E-state index is 12.9. The van der Waals surface area contributed by atoms with Crippen LogP contribution < -0.4 is 10.1 Å². The zero-order valence-corrected chi connectivity index (χ0v) is 17.7. The summed E-state index contributed by atoms with van der Waals surface area (Å²) < 4.78 is 2.64. The third-order valence-electron chi connectivity index (χ3n) is 4.16. The summed E-state index contributed by atoms with van der Waals surface area (Å²) in [6, 6.07) is 5.55. The van der Waals surface area contributed by atoms with Crippen LogP contribution >= 0.6 is 43.2 Å². The third kappa shape index (κ3) is 2.55. The van der Waals surface area contributed by atoms with Gasteiger partial charge in [-0.25, -0.2) is 9.38 Å². The summed E-state index contributed by atoms with van der Waals surface area (Å²) in [4.78, 5) is 18.1. The van der Waals surface area contributed by atoms with Crippen molar-refractivity contribution in [2.75, 3.05) is 0 Å². The lowest BCUT2D eigenvalue weighted by Gasteiger charge is -2.06. The number of thiazole rings is 1. The van der Waals surface area contributed by atoms with E-state index in [1.807, 2.05) is 26.0 Å². The summed E-state index contributed by atoms with van der Waals surface area (Å²) in [5.41, 5.74) is 3.94. The van der Waals surface area contributed by atoms with E-state index in [1.54, 1.807) is 16.5 Å². The number of phenols is 2. The standard InChI is InChI=1S/C18H12Br2N2O3S/c1-7-3-8(2)14-11(4-7)22-17(25)12(26-18(22)21-14)6-9-5-10(19)16(24)13(20)15(9)23/h3-6,23-24H,1-2H3/b12-6-. The molecule has 8 heteroatoms. The second-order valence-corrected chi connectivity index (χ2v) is 8.71. The molecular formula is C18H12Br2N2O3S. The van der Waals surface area contributed by atoms with Crippen LogP contribution in [0.1, 0.15) is 16.7 Å². The first-order valence-corrected chi connectivity index (χ1v) is 10.0. The monoisotopic (exact) mass is 494 g/mol. The Hall–Kier alpha value is -1.90. The largest absolute Gasteiger partial charge is 0.506 e. The first kappa shape index (κ1) is 17.5. The number of aromatic nitrogens is 2. The quantitative estimate of drug-likeness (QED) is 0.418. The van der Waals surface area contributed by atoms with Crippen LogP contribution in [-0.2, 0) is 0 Å². The van der Waals surface area contributed by atoms with Crippen molar-refractivity contribution in [1.29, 1.82) is 0 Å². The van der Waals surface area contributed by atoms with Crippen LogP contribution in [0.2, 0.25) is 0 Å². The minimum atomic E-state index is -0.183. The van der Waals surface area contributed by atoms with Gasteiger partial charge in [-0.3, -0.25) is 4.79 Å². The van der Waals surface area contributed by atoms with Crippen LogP contribution in [0.15, 0.2) is 31.9 Å². The van der Waals surface area contributed by atoms with Crippen molar-refractivity contribution >= 4 is 65.3 Å². The predicted molar refractivity (Wildman–Crippen MR) is 110 cm³/mol.